The molecule has 2 amide bonds. The van der Waals surface area contributed by atoms with Gasteiger partial charge in [0.25, 0.3) is 5.91 Å². The second-order valence-corrected chi connectivity index (χ2v) is 8.52. The highest BCUT2D eigenvalue weighted by molar-refractivity contribution is 7.99. The van der Waals surface area contributed by atoms with Crippen molar-refractivity contribution in [2.45, 2.75) is 11.7 Å². The summed E-state index contributed by atoms with van der Waals surface area (Å²) in [5.41, 5.74) is 0.960. The van der Waals surface area contributed by atoms with Crippen LogP contribution in [-0.4, -0.2) is 39.1 Å². The van der Waals surface area contributed by atoms with Crippen molar-refractivity contribution < 1.29 is 19.1 Å². The smallest absolute Gasteiger partial charge is 0.251 e. The van der Waals surface area contributed by atoms with Gasteiger partial charge in [-0.05, 0) is 36.4 Å². The zero-order valence-corrected chi connectivity index (χ0v) is 19.1. The molecule has 0 saturated carbocycles. The lowest BCUT2D eigenvalue weighted by Crippen LogP contribution is -2.24. The van der Waals surface area contributed by atoms with Gasteiger partial charge < -0.3 is 24.7 Å². The molecule has 1 aromatic heterocycles. The van der Waals surface area contributed by atoms with E-state index in [1.54, 1.807) is 48.0 Å². The zero-order valence-electron chi connectivity index (χ0n) is 16.7. The number of thioether (sulfide) groups is 1. The average molecular weight is 494 g/mol. The van der Waals surface area contributed by atoms with Crippen LogP contribution in [-0.2, 0) is 18.4 Å². The molecule has 0 unspecified atom stereocenters. The van der Waals surface area contributed by atoms with Gasteiger partial charge in [-0.3, -0.25) is 9.59 Å². The van der Waals surface area contributed by atoms with Crippen molar-refractivity contribution in [2.75, 3.05) is 17.9 Å². The SMILES string of the molecule is Cn1c(CNC(=O)c2ccc3c(c2)OCO3)nnc1SCC(=O)Nc1cc(Cl)cc(Cl)c1. The molecule has 166 valence electrons. The average Bonchev–Trinajstić information content (AvgIpc) is 3.35. The maximum Gasteiger partial charge on any atom is 0.251 e. The number of fused-ring (bicyclic) bond motifs is 1. The number of carbonyl (C=O) groups is 2. The normalized spacial score (nSPS) is 12.0. The van der Waals surface area contributed by atoms with Crippen molar-refractivity contribution in [1.82, 2.24) is 20.1 Å². The molecule has 2 aromatic carbocycles. The zero-order chi connectivity index (χ0) is 22.7. The minimum Gasteiger partial charge on any atom is -0.454 e. The molecule has 0 radical (unpaired) electrons. The summed E-state index contributed by atoms with van der Waals surface area (Å²) in [4.78, 5) is 24.7. The van der Waals surface area contributed by atoms with E-state index in [4.69, 9.17) is 32.7 Å². The third kappa shape index (κ3) is 5.26. The highest BCUT2D eigenvalue weighted by Crippen LogP contribution is 2.32. The number of benzene rings is 2. The molecule has 12 heteroatoms. The van der Waals surface area contributed by atoms with E-state index in [9.17, 15) is 9.59 Å². The van der Waals surface area contributed by atoms with Crippen LogP contribution in [0.5, 0.6) is 11.5 Å². The van der Waals surface area contributed by atoms with Crippen molar-refractivity contribution in [3.63, 3.8) is 0 Å². The lowest BCUT2D eigenvalue weighted by Gasteiger charge is -2.07. The van der Waals surface area contributed by atoms with Gasteiger partial charge in [0.2, 0.25) is 12.7 Å². The number of amides is 2. The molecule has 0 atom stereocenters. The van der Waals surface area contributed by atoms with E-state index in [1.165, 1.54) is 11.8 Å². The van der Waals surface area contributed by atoms with Crippen LogP contribution in [0.2, 0.25) is 10.0 Å². The van der Waals surface area contributed by atoms with E-state index < -0.39 is 0 Å². The highest BCUT2D eigenvalue weighted by atomic mass is 35.5. The molecule has 0 aliphatic carbocycles. The van der Waals surface area contributed by atoms with E-state index >= 15 is 0 Å². The largest absolute Gasteiger partial charge is 0.454 e. The van der Waals surface area contributed by atoms with Crippen LogP contribution < -0.4 is 20.1 Å². The van der Waals surface area contributed by atoms with Gasteiger partial charge in [-0.2, -0.15) is 0 Å². The highest BCUT2D eigenvalue weighted by Gasteiger charge is 2.17. The van der Waals surface area contributed by atoms with Crippen LogP contribution in [0, 0.1) is 0 Å². The summed E-state index contributed by atoms with van der Waals surface area (Å²) in [6.45, 7) is 0.315. The number of anilines is 1. The number of ether oxygens (including phenoxy) is 2. The predicted octanol–water partition coefficient (Wildman–Crippen LogP) is 3.51. The molecule has 0 fully saturated rings. The fraction of sp³-hybridized carbons (Fsp3) is 0.200. The molecule has 32 heavy (non-hydrogen) atoms. The molecular weight excluding hydrogens is 477 g/mol. The number of nitrogens with zero attached hydrogens (tertiary/aromatic N) is 3. The summed E-state index contributed by atoms with van der Waals surface area (Å²) in [6.07, 6.45) is 0. The van der Waals surface area contributed by atoms with E-state index in [0.29, 0.717) is 43.8 Å². The Morgan fingerprint density at radius 1 is 1.09 bits per heavy atom. The Labute approximate surface area is 197 Å². The number of carbonyl (C=O) groups excluding carboxylic acids is 2. The molecule has 3 aromatic rings. The van der Waals surface area contributed by atoms with Gasteiger partial charge in [0, 0.05) is 28.3 Å². The number of hydrogen-bond donors (Lipinski definition) is 2. The van der Waals surface area contributed by atoms with Gasteiger partial charge in [-0.15, -0.1) is 10.2 Å². The molecule has 1 aliphatic heterocycles. The van der Waals surface area contributed by atoms with Crippen LogP contribution in [0.25, 0.3) is 0 Å². The van der Waals surface area contributed by atoms with Crippen LogP contribution in [0.3, 0.4) is 0 Å². The monoisotopic (exact) mass is 493 g/mol. The number of aromatic nitrogens is 3. The van der Waals surface area contributed by atoms with Crippen LogP contribution >= 0.6 is 35.0 Å². The lowest BCUT2D eigenvalue weighted by atomic mass is 10.2. The maximum absolute atomic E-state index is 12.4. The molecule has 4 rings (SSSR count). The third-order valence-electron chi connectivity index (χ3n) is 4.45. The number of hydrogen-bond acceptors (Lipinski definition) is 7. The first-order chi connectivity index (χ1) is 15.4. The number of rotatable bonds is 7. The molecule has 0 saturated heterocycles. The first-order valence-corrected chi connectivity index (χ1v) is 11.1. The van der Waals surface area contributed by atoms with E-state index in [0.717, 1.165) is 0 Å². The molecule has 9 nitrogen and oxygen atoms in total. The second-order valence-electron chi connectivity index (χ2n) is 6.70. The van der Waals surface area contributed by atoms with Gasteiger partial charge in [-0.1, -0.05) is 35.0 Å². The van der Waals surface area contributed by atoms with Crippen molar-refractivity contribution in [3.05, 3.63) is 57.8 Å². The fourth-order valence-electron chi connectivity index (χ4n) is 2.88. The Morgan fingerprint density at radius 3 is 2.62 bits per heavy atom. The van der Waals surface area contributed by atoms with Crippen molar-refractivity contribution in [1.29, 1.82) is 0 Å². The third-order valence-corrected chi connectivity index (χ3v) is 5.90. The first kappa shape index (κ1) is 22.3. The van der Waals surface area contributed by atoms with Crippen LogP contribution in [0.1, 0.15) is 16.2 Å². The Morgan fingerprint density at radius 2 is 1.84 bits per heavy atom. The minimum atomic E-state index is -0.278. The lowest BCUT2D eigenvalue weighted by molar-refractivity contribution is -0.113. The maximum atomic E-state index is 12.4. The van der Waals surface area contributed by atoms with E-state index in [2.05, 4.69) is 20.8 Å². The van der Waals surface area contributed by atoms with E-state index in [-0.39, 0.29) is 30.9 Å². The van der Waals surface area contributed by atoms with Crippen molar-refractivity contribution >= 4 is 52.5 Å². The summed E-state index contributed by atoms with van der Waals surface area (Å²) in [5, 5.41) is 15.1. The number of nitrogens with one attached hydrogen (secondary N) is 2. The Balaban J connectivity index is 1.30. The van der Waals surface area contributed by atoms with Gasteiger partial charge in [0.15, 0.2) is 22.5 Å². The summed E-state index contributed by atoms with van der Waals surface area (Å²) in [7, 11) is 1.76. The van der Waals surface area contributed by atoms with Gasteiger partial charge in [0.05, 0.1) is 12.3 Å². The number of halogens is 2. The molecule has 2 N–H and O–H groups in total. The summed E-state index contributed by atoms with van der Waals surface area (Å²) in [6, 6.07) is 9.78. The Hall–Kier alpha value is -2.95. The summed E-state index contributed by atoms with van der Waals surface area (Å²) < 4.78 is 12.3. The van der Waals surface area contributed by atoms with Crippen molar-refractivity contribution in [2.24, 2.45) is 7.05 Å². The first-order valence-electron chi connectivity index (χ1n) is 9.34. The van der Waals surface area contributed by atoms with Gasteiger partial charge in [-0.25, -0.2) is 0 Å². The predicted molar refractivity (Wildman–Crippen MR) is 121 cm³/mol. The standard InChI is InChI=1S/C20H17Cl2N5O4S/c1-27-17(8-23-19(29)11-2-3-15-16(4-11)31-10-30-15)25-26-20(27)32-9-18(28)24-14-6-12(21)5-13(22)7-14/h2-7H,8-10H2,1H3,(H,23,29)(H,24,28). The summed E-state index contributed by atoms with van der Waals surface area (Å²) in [5.74, 6) is 1.28. The minimum absolute atomic E-state index is 0.111. The van der Waals surface area contributed by atoms with Gasteiger partial charge >= 0.3 is 0 Å². The molecular formula is C20H17Cl2N5O4S. The van der Waals surface area contributed by atoms with Crippen molar-refractivity contribution in [3.8, 4) is 11.5 Å². The quantitative estimate of drug-likeness (QED) is 0.484. The van der Waals surface area contributed by atoms with Crippen LogP contribution in [0.15, 0.2) is 41.6 Å². The summed E-state index contributed by atoms with van der Waals surface area (Å²) >= 11 is 13.1. The van der Waals surface area contributed by atoms with Gasteiger partial charge in [0.1, 0.15) is 0 Å². The Bertz CT molecular complexity index is 1170. The molecule has 0 spiro atoms. The molecule has 0 bridgehead atoms. The Kier molecular flexibility index (Phi) is 6.73. The van der Waals surface area contributed by atoms with Crippen LogP contribution in [0.4, 0.5) is 5.69 Å². The topological polar surface area (TPSA) is 107 Å². The molecule has 1 aliphatic rings. The molecule has 2 heterocycles. The second kappa shape index (κ2) is 9.68. The van der Waals surface area contributed by atoms with E-state index in [1.807, 2.05) is 0 Å². The fourth-order valence-corrected chi connectivity index (χ4v) is 4.13.